The van der Waals surface area contributed by atoms with Crippen molar-refractivity contribution < 1.29 is 23.4 Å². The number of rotatable bonds is 9. The average molecular weight is 496 g/mol. The predicted octanol–water partition coefficient (Wildman–Crippen LogP) is 2.57. The van der Waals surface area contributed by atoms with E-state index in [4.69, 9.17) is 4.74 Å². The first-order valence-corrected chi connectivity index (χ1v) is 10.9. The fourth-order valence-corrected chi connectivity index (χ4v) is 3.91. The number of benzene rings is 2. The topological polar surface area (TPSA) is 137 Å². The van der Waals surface area contributed by atoms with E-state index in [2.05, 4.69) is 15.1 Å². The molecule has 2 heterocycles. The number of aliphatic carboxylic acids is 1. The first kappa shape index (κ1) is 24.7. The van der Waals surface area contributed by atoms with Crippen LogP contribution in [-0.2, 0) is 11.2 Å². The van der Waals surface area contributed by atoms with Gasteiger partial charge in [0, 0.05) is 18.0 Å². The quantitative estimate of drug-likeness (QED) is 0.361. The Morgan fingerprint density at radius 1 is 1.28 bits per heavy atom. The van der Waals surface area contributed by atoms with E-state index in [0.717, 1.165) is 4.68 Å². The molecule has 0 radical (unpaired) electrons. The number of alkyl halides is 2. The highest BCUT2D eigenvalue weighted by Gasteiger charge is 2.25. The lowest BCUT2D eigenvalue weighted by Crippen LogP contribution is -2.38. The number of aromatic nitrogens is 4. The van der Waals surface area contributed by atoms with Crippen molar-refractivity contribution in [3.05, 3.63) is 63.8 Å². The van der Waals surface area contributed by atoms with Gasteiger partial charge in [0.25, 0.3) is 12.0 Å². The lowest BCUT2D eigenvalue weighted by atomic mass is 10.1. The predicted molar refractivity (Wildman–Crippen MR) is 126 cm³/mol. The highest BCUT2D eigenvalue weighted by Crippen LogP contribution is 2.26. The van der Waals surface area contributed by atoms with Crippen LogP contribution in [0.2, 0.25) is 0 Å². The zero-order valence-electron chi connectivity index (χ0n) is 19.4. The van der Waals surface area contributed by atoms with E-state index < -0.39 is 30.6 Å². The zero-order chi connectivity index (χ0) is 26.0. The second-order valence-corrected chi connectivity index (χ2v) is 8.40. The summed E-state index contributed by atoms with van der Waals surface area (Å²) in [5.41, 5.74) is 0.849. The molecule has 0 aliphatic rings. The first-order chi connectivity index (χ1) is 17.2. The van der Waals surface area contributed by atoms with Crippen LogP contribution in [0.25, 0.3) is 21.8 Å². The van der Waals surface area contributed by atoms with Gasteiger partial charge in [0.1, 0.15) is 24.3 Å². The van der Waals surface area contributed by atoms with E-state index in [1.165, 1.54) is 12.1 Å². The van der Waals surface area contributed by atoms with E-state index in [-0.39, 0.29) is 24.3 Å². The number of halogens is 2. The maximum Gasteiger partial charge on any atom is 0.330 e. The molecule has 0 spiro atoms. The normalized spacial score (nSPS) is 12.4. The third kappa shape index (κ3) is 5.01. The fourth-order valence-electron chi connectivity index (χ4n) is 3.91. The summed E-state index contributed by atoms with van der Waals surface area (Å²) in [7, 11) is 3.40. The van der Waals surface area contributed by atoms with Crippen LogP contribution in [0.4, 0.5) is 8.78 Å². The van der Waals surface area contributed by atoms with Gasteiger partial charge in [0.2, 0.25) is 0 Å². The van der Waals surface area contributed by atoms with Crippen LogP contribution in [0, 0.1) is 11.3 Å². The standard InChI is InChI=1S/C24H22F2N6O4/c1-31(2)11-19(24(34)35)32-23(33)15-6-4-3-5-14(15)16(30-32)9-22-28-17-7-13(10-27)20(8-18(17)29-22)36-12-21(25)26/h3-8,19,21H,9,11-12H2,1-2H3,(H,28,29)(H,34,35). The minimum absolute atomic E-state index is 0.00606. The molecular weight excluding hydrogens is 474 g/mol. The van der Waals surface area contributed by atoms with Crippen LogP contribution >= 0.6 is 0 Å². The van der Waals surface area contributed by atoms with Crippen LogP contribution in [0.3, 0.4) is 0 Å². The van der Waals surface area contributed by atoms with Gasteiger partial charge in [-0.15, -0.1) is 0 Å². The van der Waals surface area contributed by atoms with Gasteiger partial charge in [-0.05, 0) is 26.2 Å². The molecule has 186 valence electrons. The molecule has 4 aromatic rings. The smallest absolute Gasteiger partial charge is 0.330 e. The Morgan fingerprint density at radius 2 is 2.00 bits per heavy atom. The van der Waals surface area contributed by atoms with Crippen molar-refractivity contribution in [1.29, 1.82) is 5.26 Å². The summed E-state index contributed by atoms with van der Waals surface area (Å²) in [5, 5.41) is 24.4. The number of carboxylic acids is 1. The average Bonchev–Trinajstić information content (AvgIpc) is 3.23. The Balaban J connectivity index is 1.79. The lowest BCUT2D eigenvalue weighted by Gasteiger charge is -2.20. The minimum Gasteiger partial charge on any atom is -0.486 e. The fraction of sp³-hybridized carbons (Fsp3) is 0.292. The molecule has 0 amide bonds. The second kappa shape index (κ2) is 10.1. The Labute approximate surface area is 203 Å². The van der Waals surface area contributed by atoms with E-state index in [9.17, 15) is 28.7 Å². The Hall–Kier alpha value is -4.37. The number of H-pyrrole nitrogens is 1. The molecule has 36 heavy (non-hydrogen) atoms. The summed E-state index contributed by atoms with van der Waals surface area (Å²) < 4.78 is 31.2. The Bertz CT molecular complexity index is 1540. The molecule has 1 atom stereocenters. The van der Waals surface area contributed by atoms with Crippen LogP contribution in [0.15, 0.2) is 41.2 Å². The summed E-state index contributed by atoms with van der Waals surface area (Å²) in [4.78, 5) is 34.3. The second-order valence-electron chi connectivity index (χ2n) is 8.40. The molecule has 4 rings (SSSR count). The van der Waals surface area contributed by atoms with E-state index in [1.54, 1.807) is 43.3 Å². The van der Waals surface area contributed by atoms with Crippen LogP contribution in [0.5, 0.6) is 5.75 Å². The maximum atomic E-state index is 13.1. The maximum absolute atomic E-state index is 13.1. The molecule has 0 fully saturated rings. The van der Waals surface area contributed by atoms with Gasteiger partial charge in [0.05, 0.1) is 34.1 Å². The number of imidazole rings is 1. The van der Waals surface area contributed by atoms with Crippen LogP contribution in [-0.4, -0.2) is 69.4 Å². The number of carbonyl (C=O) groups is 1. The Morgan fingerprint density at radius 3 is 2.64 bits per heavy atom. The highest BCUT2D eigenvalue weighted by molar-refractivity contribution is 5.84. The molecule has 2 aromatic carbocycles. The largest absolute Gasteiger partial charge is 0.486 e. The number of carboxylic acid groups (broad SMARTS) is 1. The number of ether oxygens (including phenoxy) is 1. The SMILES string of the molecule is CN(C)CC(C(=O)O)n1nc(Cc2nc3cc(OCC(F)F)c(C#N)cc3[nH]2)c2ccccc2c1=O. The monoisotopic (exact) mass is 496 g/mol. The number of fused-ring (bicyclic) bond motifs is 2. The molecule has 1 unspecified atom stereocenters. The number of hydrogen-bond acceptors (Lipinski definition) is 7. The molecule has 0 aliphatic carbocycles. The van der Waals surface area contributed by atoms with E-state index in [1.807, 2.05) is 6.07 Å². The number of nitrogens with one attached hydrogen (secondary N) is 1. The van der Waals surface area contributed by atoms with Crippen molar-refractivity contribution >= 4 is 27.8 Å². The summed E-state index contributed by atoms with van der Waals surface area (Å²) in [5.74, 6) is -0.778. The molecule has 0 aliphatic heterocycles. The van der Waals surface area contributed by atoms with Gasteiger partial charge in [-0.25, -0.2) is 23.2 Å². The summed E-state index contributed by atoms with van der Waals surface area (Å²) in [6.07, 6.45) is -2.59. The third-order valence-electron chi connectivity index (χ3n) is 5.48. The zero-order valence-corrected chi connectivity index (χ0v) is 19.4. The van der Waals surface area contributed by atoms with Crippen molar-refractivity contribution in [2.24, 2.45) is 0 Å². The van der Waals surface area contributed by atoms with Crippen molar-refractivity contribution in [3.8, 4) is 11.8 Å². The summed E-state index contributed by atoms with van der Waals surface area (Å²) >= 11 is 0. The number of nitriles is 1. The number of likely N-dealkylation sites (N-methyl/N-ethyl adjacent to an activating group) is 1. The molecule has 2 aromatic heterocycles. The number of aromatic amines is 1. The molecule has 2 N–H and O–H groups in total. The number of hydrogen-bond donors (Lipinski definition) is 2. The Kier molecular flexibility index (Phi) is 6.93. The lowest BCUT2D eigenvalue weighted by molar-refractivity contribution is -0.141. The van der Waals surface area contributed by atoms with Crippen molar-refractivity contribution in [2.45, 2.75) is 18.9 Å². The first-order valence-electron chi connectivity index (χ1n) is 10.9. The summed E-state index contributed by atoms with van der Waals surface area (Å²) in [6, 6.07) is 10.3. The van der Waals surface area contributed by atoms with Crippen LogP contribution in [0.1, 0.15) is 23.1 Å². The molecule has 0 bridgehead atoms. The molecule has 0 saturated heterocycles. The van der Waals surface area contributed by atoms with Crippen molar-refractivity contribution in [2.75, 3.05) is 27.2 Å². The van der Waals surface area contributed by atoms with E-state index >= 15 is 0 Å². The molecule has 12 heteroatoms. The molecule has 10 nitrogen and oxygen atoms in total. The van der Waals surface area contributed by atoms with Crippen molar-refractivity contribution in [1.82, 2.24) is 24.6 Å². The van der Waals surface area contributed by atoms with E-state index in [0.29, 0.717) is 33.3 Å². The van der Waals surface area contributed by atoms with Gasteiger partial charge < -0.3 is 19.7 Å². The minimum atomic E-state index is -2.70. The van der Waals surface area contributed by atoms with Gasteiger partial charge in [-0.2, -0.15) is 10.4 Å². The highest BCUT2D eigenvalue weighted by atomic mass is 19.3. The third-order valence-corrected chi connectivity index (χ3v) is 5.48. The van der Waals surface area contributed by atoms with Gasteiger partial charge in [-0.3, -0.25) is 4.79 Å². The van der Waals surface area contributed by atoms with Crippen molar-refractivity contribution in [3.63, 3.8) is 0 Å². The molecule has 0 saturated carbocycles. The van der Waals surface area contributed by atoms with Gasteiger partial charge in [-0.1, -0.05) is 18.2 Å². The van der Waals surface area contributed by atoms with Crippen LogP contribution < -0.4 is 10.3 Å². The summed E-state index contributed by atoms with van der Waals surface area (Å²) in [6.45, 7) is -0.796. The van der Waals surface area contributed by atoms with Gasteiger partial charge in [0.15, 0.2) is 6.04 Å². The number of nitrogens with zero attached hydrogens (tertiary/aromatic N) is 5. The molecular formula is C24H22F2N6O4. The van der Waals surface area contributed by atoms with Gasteiger partial charge >= 0.3 is 5.97 Å².